The van der Waals surface area contributed by atoms with Crippen molar-refractivity contribution in [3.8, 4) is 11.3 Å². The van der Waals surface area contributed by atoms with E-state index in [1.54, 1.807) is 48.7 Å². The van der Waals surface area contributed by atoms with Crippen molar-refractivity contribution in [2.75, 3.05) is 5.32 Å². The minimum absolute atomic E-state index is 0.0495. The molecule has 0 aliphatic carbocycles. The molecule has 0 atom stereocenters. The molecule has 4 rings (SSSR count). The Kier molecular flexibility index (Phi) is 5.20. The zero-order valence-electron chi connectivity index (χ0n) is 16.0. The summed E-state index contributed by atoms with van der Waals surface area (Å²) in [7, 11) is 0. The number of nitrogens with one attached hydrogen (secondary N) is 1. The lowest BCUT2D eigenvalue weighted by atomic mass is 10.1. The molecule has 0 fully saturated rings. The number of carbonyl (C=O) groups excluding carboxylic acids is 2. The molecule has 0 unspecified atom stereocenters. The number of nitrogens with zero attached hydrogens (tertiary/aromatic N) is 3. The summed E-state index contributed by atoms with van der Waals surface area (Å²) in [6.07, 6.45) is 3.15. The SMILES string of the molecule is CC(=O)c1ccc(NC(=O)Cn2ccn3nc(-c4ccc(Cl)cc4)cc3c2=O)cc1. The molecule has 1 N–H and O–H groups in total. The fourth-order valence-electron chi connectivity index (χ4n) is 3.06. The molecule has 2 aromatic heterocycles. The van der Waals surface area contributed by atoms with Gasteiger partial charge in [-0.3, -0.25) is 14.4 Å². The summed E-state index contributed by atoms with van der Waals surface area (Å²) in [5.41, 5.74) is 2.62. The Morgan fingerprint density at radius 3 is 2.40 bits per heavy atom. The van der Waals surface area contributed by atoms with Crippen molar-refractivity contribution in [3.05, 3.63) is 87.9 Å². The van der Waals surface area contributed by atoms with Crippen molar-refractivity contribution < 1.29 is 9.59 Å². The number of anilines is 1. The fourth-order valence-corrected chi connectivity index (χ4v) is 3.18. The van der Waals surface area contributed by atoms with Gasteiger partial charge in [-0.25, -0.2) is 4.52 Å². The summed E-state index contributed by atoms with van der Waals surface area (Å²) in [6, 6.07) is 15.4. The molecule has 0 radical (unpaired) electrons. The van der Waals surface area contributed by atoms with Crippen molar-refractivity contribution in [1.82, 2.24) is 14.2 Å². The number of carbonyl (C=O) groups is 2. The van der Waals surface area contributed by atoms with Crippen molar-refractivity contribution in [2.24, 2.45) is 0 Å². The number of halogens is 1. The molecule has 150 valence electrons. The topological polar surface area (TPSA) is 85.5 Å². The van der Waals surface area contributed by atoms with Gasteiger partial charge >= 0.3 is 0 Å². The summed E-state index contributed by atoms with van der Waals surface area (Å²) < 4.78 is 2.81. The predicted octanol–water partition coefficient (Wildman–Crippen LogP) is 3.66. The Hall–Kier alpha value is -3.71. The van der Waals surface area contributed by atoms with E-state index in [-0.39, 0.29) is 23.8 Å². The van der Waals surface area contributed by atoms with E-state index in [9.17, 15) is 14.4 Å². The van der Waals surface area contributed by atoms with Gasteiger partial charge in [0.15, 0.2) is 5.78 Å². The fraction of sp³-hybridized carbons (Fsp3) is 0.0909. The van der Waals surface area contributed by atoms with Crippen LogP contribution in [0.5, 0.6) is 0 Å². The van der Waals surface area contributed by atoms with Crippen LogP contribution < -0.4 is 10.9 Å². The highest BCUT2D eigenvalue weighted by molar-refractivity contribution is 6.30. The number of hydrogen-bond donors (Lipinski definition) is 1. The summed E-state index contributed by atoms with van der Waals surface area (Å²) >= 11 is 5.92. The molecule has 0 saturated heterocycles. The lowest BCUT2D eigenvalue weighted by Crippen LogP contribution is -2.28. The number of amides is 1. The number of Topliss-reactive ketones (excluding diaryl/α,β-unsaturated/α-hetero) is 1. The summed E-state index contributed by atoms with van der Waals surface area (Å²) in [5.74, 6) is -0.402. The Morgan fingerprint density at radius 2 is 1.73 bits per heavy atom. The van der Waals surface area contributed by atoms with Crippen molar-refractivity contribution >= 4 is 34.5 Å². The van der Waals surface area contributed by atoms with Crippen LogP contribution in [0.4, 0.5) is 5.69 Å². The van der Waals surface area contributed by atoms with Crippen LogP contribution in [0.3, 0.4) is 0 Å². The molecule has 0 saturated carbocycles. The average molecular weight is 421 g/mol. The highest BCUT2D eigenvalue weighted by Gasteiger charge is 2.12. The van der Waals surface area contributed by atoms with E-state index >= 15 is 0 Å². The lowest BCUT2D eigenvalue weighted by molar-refractivity contribution is -0.116. The third kappa shape index (κ3) is 4.01. The van der Waals surface area contributed by atoms with Crippen LogP contribution in [0.25, 0.3) is 16.8 Å². The van der Waals surface area contributed by atoms with Gasteiger partial charge in [-0.05, 0) is 49.4 Å². The normalized spacial score (nSPS) is 10.9. The Balaban J connectivity index is 1.54. The van der Waals surface area contributed by atoms with Crippen molar-refractivity contribution in [1.29, 1.82) is 0 Å². The molecular formula is C22H17ClN4O3. The summed E-state index contributed by atoms with van der Waals surface area (Å²) in [5, 5.41) is 7.76. The second-order valence-corrected chi connectivity index (χ2v) is 7.22. The first-order valence-electron chi connectivity index (χ1n) is 9.16. The maximum absolute atomic E-state index is 12.8. The van der Waals surface area contributed by atoms with E-state index in [2.05, 4.69) is 10.4 Å². The van der Waals surface area contributed by atoms with Gasteiger partial charge in [-0.1, -0.05) is 23.7 Å². The quantitative estimate of drug-likeness (QED) is 0.499. The number of ketones is 1. The minimum atomic E-state index is -0.352. The van der Waals surface area contributed by atoms with E-state index in [0.29, 0.717) is 27.5 Å². The molecule has 8 heteroatoms. The largest absolute Gasteiger partial charge is 0.325 e. The minimum Gasteiger partial charge on any atom is -0.325 e. The van der Waals surface area contributed by atoms with Crippen LogP contribution in [-0.2, 0) is 11.3 Å². The van der Waals surface area contributed by atoms with Crippen LogP contribution in [-0.4, -0.2) is 25.9 Å². The highest BCUT2D eigenvalue weighted by Crippen LogP contribution is 2.20. The predicted molar refractivity (Wildman–Crippen MR) is 115 cm³/mol. The van der Waals surface area contributed by atoms with Gasteiger partial charge in [0.1, 0.15) is 12.1 Å². The number of aromatic nitrogens is 3. The number of benzene rings is 2. The van der Waals surface area contributed by atoms with Gasteiger partial charge in [0.2, 0.25) is 5.91 Å². The molecule has 0 aliphatic heterocycles. The highest BCUT2D eigenvalue weighted by atomic mass is 35.5. The van der Waals surface area contributed by atoms with Crippen LogP contribution in [0.2, 0.25) is 5.02 Å². The number of rotatable bonds is 5. The van der Waals surface area contributed by atoms with Crippen molar-refractivity contribution in [2.45, 2.75) is 13.5 Å². The molecular weight excluding hydrogens is 404 g/mol. The van der Waals surface area contributed by atoms with E-state index in [1.165, 1.54) is 22.2 Å². The second kappa shape index (κ2) is 7.96. The van der Waals surface area contributed by atoms with Gasteiger partial charge in [-0.15, -0.1) is 0 Å². The first-order valence-corrected chi connectivity index (χ1v) is 9.54. The van der Waals surface area contributed by atoms with Gasteiger partial charge in [0, 0.05) is 34.2 Å². The molecule has 2 aromatic carbocycles. The maximum Gasteiger partial charge on any atom is 0.277 e. The van der Waals surface area contributed by atoms with Crippen LogP contribution in [0.15, 0.2) is 71.8 Å². The summed E-state index contributed by atoms with van der Waals surface area (Å²) in [4.78, 5) is 36.5. The first kappa shape index (κ1) is 19.6. The third-order valence-corrected chi connectivity index (χ3v) is 4.88. The van der Waals surface area contributed by atoms with Gasteiger partial charge in [-0.2, -0.15) is 5.10 Å². The standard InChI is InChI=1S/C22H17ClN4O3/c1-14(28)15-4-8-18(9-5-15)24-21(29)13-26-10-11-27-20(22(26)30)12-19(25-27)16-2-6-17(23)7-3-16/h2-12H,13H2,1H3,(H,24,29). The Labute approximate surface area is 176 Å². The first-order chi connectivity index (χ1) is 14.4. The maximum atomic E-state index is 12.8. The molecule has 0 aliphatic rings. The molecule has 1 amide bonds. The second-order valence-electron chi connectivity index (χ2n) is 6.78. The zero-order valence-corrected chi connectivity index (χ0v) is 16.8. The monoisotopic (exact) mass is 420 g/mol. The van der Waals surface area contributed by atoms with Gasteiger partial charge in [0.05, 0.1) is 5.69 Å². The zero-order chi connectivity index (χ0) is 21.3. The lowest BCUT2D eigenvalue weighted by Gasteiger charge is -2.08. The van der Waals surface area contributed by atoms with E-state index in [0.717, 1.165) is 5.56 Å². The van der Waals surface area contributed by atoms with Crippen LogP contribution in [0, 0.1) is 0 Å². The molecule has 30 heavy (non-hydrogen) atoms. The Bertz CT molecular complexity index is 1310. The summed E-state index contributed by atoms with van der Waals surface area (Å²) in [6.45, 7) is 1.33. The van der Waals surface area contributed by atoms with E-state index < -0.39 is 0 Å². The number of hydrogen-bond acceptors (Lipinski definition) is 4. The molecule has 7 nitrogen and oxygen atoms in total. The van der Waals surface area contributed by atoms with Crippen molar-refractivity contribution in [3.63, 3.8) is 0 Å². The Morgan fingerprint density at radius 1 is 1.03 bits per heavy atom. The van der Waals surface area contributed by atoms with E-state index in [1.807, 2.05) is 12.1 Å². The molecule has 4 aromatic rings. The average Bonchev–Trinajstić information content (AvgIpc) is 3.16. The van der Waals surface area contributed by atoms with Crippen LogP contribution >= 0.6 is 11.6 Å². The van der Waals surface area contributed by atoms with Gasteiger partial charge in [0.25, 0.3) is 5.56 Å². The molecule has 2 heterocycles. The smallest absolute Gasteiger partial charge is 0.277 e. The van der Waals surface area contributed by atoms with Gasteiger partial charge < -0.3 is 9.88 Å². The third-order valence-electron chi connectivity index (χ3n) is 4.63. The number of fused-ring (bicyclic) bond motifs is 1. The molecule has 0 bridgehead atoms. The molecule has 0 spiro atoms. The van der Waals surface area contributed by atoms with E-state index in [4.69, 9.17) is 11.6 Å². The van der Waals surface area contributed by atoms with Crippen LogP contribution in [0.1, 0.15) is 17.3 Å².